The average molecular weight is 241 g/mol. The minimum absolute atomic E-state index is 0. The van der Waals surface area contributed by atoms with Crippen LogP contribution in [0.15, 0.2) is 0 Å². The Hall–Kier alpha value is 0.636. The van der Waals surface area contributed by atoms with Gasteiger partial charge in [0.1, 0.15) is 0 Å². The molecule has 13 heavy (non-hydrogen) atoms. The Morgan fingerprint density at radius 1 is 0.692 bits per heavy atom. The molecular weight excluding hydrogens is 214 g/mol. The van der Waals surface area contributed by atoms with E-state index >= 15 is 0 Å². The third kappa shape index (κ3) is 12.6. The zero-order valence-corrected chi connectivity index (χ0v) is 12.1. The Morgan fingerprint density at radius 2 is 1.15 bits per heavy atom. The third-order valence-electron chi connectivity index (χ3n) is 2.52. The quantitative estimate of drug-likeness (QED) is 0.380. The SMILES string of the molecule is CCCCC[CH2][Ga+][CH2]CCCCC.[H-]. The van der Waals surface area contributed by atoms with Crippen molar-refractivity contribution < 1.29 is 1.43 Å². The fourth-order valence-corrected chi connectivity index (χ4v) is 4.60. The molecular formula is C12H27Ga. The second-order valence-corrected chi connectivity index (χ2v) is 7.62. The summed E-state index contributed by atoms with van der Waals surface area (Å²) in [6.07, 6.45) is 11.8. The van der Waals surface area contributed by atoms with E-state index in [0.717, 1.165) is 0 Å². The minimum Gasteiger partial charge on any atom is -1.00 e. The first-order valence-corrected chi connectivity index (χ1v) is 9.66. The zero-order valence-electron chi connectivity index (χ0n) is 10.6. The summed E-state index contributed by atoms with van der Waals surface area (Å²) in [7, 11) is 0. The van der Waals surface area contributed by atoms with Crippen molar-refractivity contribution in [2.45, 2.75) is 75.2 Å². The summed E-state index contributed by atoms with van der Waals surface area (Å²) < 4.78 is 0. The van der Waals surface area contributed by atoms with Crippen LogP contribution in [0.4, 0.5) is 0 Å². The molecule has 0 radical (unpaired) electrons. The fraction of sp³-hybridized carbons (Fsp3) is 1.00. The molecule has 0 aliphatic heterocycles. The van der Waals surface area contributed by atoms with Crippen molar-refractivity contribution in [3.05, 3.63) is 0 Å². The molecule has 0 amide bonds. The smallest absolute Gasteiger partial charge is 1.00 e. The number of unbranched alkanes of at least 4 members (excludes halogenated alkanes) is 6. The Morgan fingerprint density at radius 3 is 1.54 bits per heavy atom. The van der Waals surface area contributed by atoms with Crippen molar-refractivity contribution in [2.75, 3.05) is 0 Å². The first kappa shape index (κ1) is 13.6. The fourth-order valence-electron chi connectivity index (χ4n) is 1.58. The van der Waals surface area contributed by atoms with E-state index in [1.807, 2.05) is 0 Å². The van der Waals surface area contributed by atoms with Gasteiger partial charge < -0.3 is 1.43 Å². The molecule has 0 aromatic rings. The Kier molecular flexibility index (Phi) is 13.3. The molecule has 0 spiro atoms. The summed E-state index contributed by atoms with van der Waals surface area (Å²) in [4.78, 5) is 3.27. The number of hydrogen-bond donors (Lipinski definition) is 0. The first-order chi connectivity index (χ1) is 6.41. The van der Waals surface area contributed by atoms with Crippen LogP contribution in [0.1, 0.15) is 66.6 Å². The van der Waals surface area contributed by atoms with Gasteiger partial charge in [-0.3, -0.25) is 0 Å². The minimum atomic E-state index is 0. The van der Waals surface area contributed by atoms with Crippen LogP contribution in [0.25, 0.3) is 0 Å². The molecule has 0 aromatic carbocycles. The van der Waals surface area contributed by atoms with Gasteiger partial charge in [-0.2, -0.15) is 0 Å². The molecule has 0 aliphatic rings. The molecule has 0 N–H and O–H groups in total. The molecule has 0 bridgehead atoms. The van der Waals surface area contributed by atoms with Crippen LogP contribution in [-0.2, 0) is 0 Å². The first-order valence-electron chi connectivity index (χ1n) is 6.23. The summed E-state index contributed by atoms with van der Waals surface area (Å²) in [6.45, 7) is 4.59. The van der Waals surface area contributed by atoms with E-state index in [2.05, 4.69) is 13.8 Å². The summed E-state index contributed by atoms with van der Waals surface area (Å²) in [5, 5.41) is 0. The summed E-state index contributed by atoms with van der Waals surface area (Å²) >= 11 is 0.215. The molecule has 1 heteroatoms. The van der Waals surface area contributed by atoms with Gasteiger partial charge in [0.25, 0.3) is 0 Å². The maximum absolute atomic E-state index is 2.30. The van der Waals surface area contributed by atoms with Crippen molar-refractivity contribution in [3.63, 3.8) is 0 Å². The van der Waals surface area contributed by atoms with Crippen LogP contribution in [0.5, 0.6) is 0 Å². The molecule has 0 aromatic heterocycles. The zero-order chi connectivity index (χ0) is 9.78. The standard InChI is InChI=1S/2C6H13.Ga.H/c2*1-3-5-6-4-2;;/h2*1,3-6H2,2H3;;/q;;+1;-1. The molecule has 0 nitrogen and oxygen atoms in total. The van der Waals surface area contributed by atoms with E-state index in [1.54, 1.807) is 22.8 Å². The maximum Gasteiger partial charge on any atom is -1.00 e. The molecule has 0 heterocycles. The van der Waals surface area contributed by atoms with Gasteiger partial charge in [-0.15, -0.1) is 0 Å². The van der Waals surface area contributed by atoms with Gasteiger partial charge >= 0.3 is 92.6 Å². The van der Waals surface area contributed by atoms with Crippen molar-refractivity contribution in [2.24, 2.45) is 0 Å². The molecule has 0 rings (SSSR count). The van der Waals surface area contributed by atoms with Crippen LogP contribution >= 0.6 is 0 Å². The van der Waals surface area contributed by atoms with Crippen LogP contribution in [-0.4, -0.2) is 17.4 Å². The van der Waals surface area contributed by atoms with Crippen molar-refractivity contribution in [3.8, 4) is 0 Å². The predicted octanol–water partition coefficient (Wildman–Crippen LogP) is 4.80. The molecule has 0 saturated heterocycles. The molecule has 0 unspecified atom stereocenters. The van der Waals surface area contributed by atoms with E-state index in [9.17, 15) is 0 Å². The molecule has 78 valence electrons. The van der Waals surface area contributed by atoms with Crippen LogP contribution in [0.3, 0.4) is 0 Å². The van der Waals surface area contributed by atoms with E-state index in [4.69, 9.17) is 0 Å². The Balaban J connectivity index is 0. The van der Waals surface area contributed by atoms with E-state index in [1.165, 1.54) is 38.5 Å². The summed E-state index contributed by atoms with van der Waals surface area (Å²) in [5.74, 6) is 0. The van der Waals surface area contributed by atoms with Crippen molar-refractivity contribution in [1.82, 2.24) is 0 Å². The van der Waals surface area contributed by atoms with Crippen LogP contribution in [0.2, 0.25) is 9.95 Å². The number of hydrogen-bond acceptors (Lipinski definition) is 0. The van der Waals surface area contributed by atoms with E-state index in [0.29, 0.717) is 0 Å². The largest absolute Gasteiger partial charge is 1.00 e. The monoisotopic (exact) mass is 240 g/mol. The molecule has 0 fully saturated rings. The van der Waals surface area contributed by atoms with Gasteiger partial charge in [0.2, 0.25) is 0 Å². The van der Waals surface area contributed by atoms with Gasteiger partial charge in [-0.1, -0.05) is 0 Å². The van der Waals surface area contributed by atoms with Gasteiger partial charge in [0, 0.05) is 0 Å². The maximum atomic E-state index is 2.30. The summed E-state index contributed by atoms with van der Waals surface area (Å²) in [5.41, 5.74) is 0. The van der Waals surface area contributed by atoms with Gasteiger partial charge in [-0.05, 0) is 0 Å². The Bertz CT molecular complexity index is 76.4. The van der Waals surface area contributed by atoms with Gasteiger partial charge in [0.05, 0.1) is 0 Å². The molecule has 0 aliphatic carbocycles. The van der Waals surface area contributed by atoms with Crippen molar-refractivity contribution in [1.29, 1.82) is 0 Å². The van der Waals surface area contributed by atoms with E-state index in [-0.39, 0.29) is 18.8 Å². The second-order valence-electron chi connectivity index (χ2n) is 3.99. The normalized spacial score (nSPS) is 10.0. The number of rotatable bonds is 10. The van der Waals surface area contributed by atoms with E-state index < -0.39 is 0 Å². The third-order valence-corrected chi connectivity index (χ3v) is 5.95. The average Bonchev–Trinajstić information content (AvgIpc) is 2.16. The topological polar surface area (TPSA) is 0 Å². The molecule has 0 atom stereocenters. The van der Waals surface area contributed by atoms with Gasteiger partial charge in [0.15, 0.2) is 0 Å². The van der Waals surface area contributed by atoms with Crippen LogP contribution in [0, 0.1) is 0 Å². The molecule has 0 saturated carbocycles. The van der Waals surface area contributed by atoms with Crippen LogP contribution < -0.4 is 0 Å². The second kappa shape index (κ2) is 12.6. The summed E-state index contributed by atoms with van der Waals surface area (Å²) in [6, 6.07) is 0. The predicted molar refractivity (Wildman–Crippen MR) is 64.8 cm³/mol. The Labute approximate surface area is 94.1 Å². The van der Waals surface area contributed by atoms with Gasteiger partial charge in [-0.25, -0.2) is 0 Å². The van der Waals surface area contributed by atoms with Crippen molar-refractivity contribution >= 4 is 17.4 Å².